The average Bonchev–Trinajstić information content (AvgIpc) is 3.54. The van der Waals surface area contributed by atoms with Gasteiger partial charge in [-0.25, -0.2) is 14.8 Å². The molecule has 1 aliphatic carbocycles. The molecule has 40 heavy (non-hydrogen) atoms. The lowest BCUT2D eigenvalue weighted by Gasteiger charge is -2.25. The van der Waals surface area contributed by atoms with E-state index in [1.165, 1.54) is 6.42 Å². The summed E-state index contributed by atoms with van der Waals surface area (Å²) in [6.07, 6.45) is 10.8. The number of aryl methyl sites for hydroxylation is 1. The number of aromatic hydroxyl groups is 1. The van der Waals surface area contributed by atoms with Crippen molar-refractivity contribution in [1.29, 1.82) is 0 Å². The number of phenolic OH excluding ortho intramolecular Hbond substituents is 1. The van der Waals surface area contributed by atoms with Crippen molar-refractivity contribution >= 4 is 33.8 Å². The first-order valence-corrected chi connectivity index (χ1v) is 13.5. The largest absolute Gasteiger partial charge is 0.508 e. The number of phenols is 1. The van der Waals surface area contributed by atoms with Gasteiger partial charge in [0, 0.05) is 41.3 Å². The number of fused-ring (bicyclic) bond motifs is 2. The Labute approximate surface area is 230 Å². The molecule has 3 heterocycles. The third kappa shape index (κ3) is 4.88. The fraction of sp³-hybridized carbons (Fsp3) is 0.300. The summed E-state index contributed by atoms with van der Waals surface area (Å²) in [6, 6.07) is 9.28. The quantitative estimate of drug-likeness (QED) is 0.230. The molecule has 3 aromatic heterocycles. The van der Waals surface area contributed by atoms with Crippen LogP contribution in [-0.2, 0) is 11.2 Å². The molecule has 1 amide bonds. The highest BCUT2D eigenvalue weighted by Crippen LogP contribution is 2.35. The second-order valence-electron chi connectivity index (χ2n) is 10.5. The van der Waals surface area contributed by atoms with E-state index in [1.54, 1.807) is 48.9 Å². The Hall–Kier alpha value is -4.73. The maximum atomic E-state index is 13.3. The van der Waals surface area contributed by atoms with Crippen LogP contribution in [0.2, 0.25) is 0 Å². The third-order valence-corrected chi connectivity index (χ3v) is 7.68. The molecule has 10 nitrogen and oxygen atoms in total. The molecule has 0 bridgehead atoms. The zero-order valence-electron chi connectivity index (χ0n) is 22.1. The normalized spacial score (nSPS) is 14.9. The number of nitrogens with one attached hydrogen (secondary N) is 2. The van der Waals surface area contributed by atoms with Crippen molar-refractivity contribution in [2.75, 3.05) is 0 Å². The van der Waals surface area contributed by atoms with Crippen molar-refractivity contribution in [3.8, 4) is 17.3 Å². The molecule has 1 fully saturated rings. The van der Waals surface area contributed by atoms with Crippen molar-refractivity contribution in [2.45, 2.75) is 57.5 Å². The molecule has 0 spiro atoms. The van der Waals surface area contributed by atoms with Crippen LogP contribution in [0.4, 0.5) is 0 Å². The third-order valence-electron chi connectivity index (χ3n) is 7.68. The second kappa shape index (κ2) is 10.4. The maximum Gasteiger partial charge on any atom is 0.326 e. The van der Waals surface area contributed by atoms with E-state index in [9.17, 15) is 19.8 Å². The van der Waals surface area contributed by atoms with Gasteiger partial charge in [0.25, 0.3) is 5.91 Å². The number of aliphatic carboxylic acids is 1. The molecule has 204 valence electrons. The summed E-state index contributed by atoms with van der Waals surface area (Å²) in [5, 5.41) is 23.1. The number of nitrogens with zero attached hydrogens (tertiary/aromatic N) is 4. The molecule has 5 aromatic rings. The number of carboxylic acid groups (broad SMARTS) is 1. The van der Waals surface area contributed by atoms with Crippen LogP contribution in [0.1, 0.15) is 59.8 Å². The van der Waals surface area contributed by atoms with Gasteiger partial charge in [-0.15, -0.1) is 0 Å². The van der Waals surface area contributed by atoms with E-state index in [0.717, 1.165) is 48.2 Å². The topological polar surface area (TPSA) is 146 Å². The number of amides is 1. The van der Waals surface area contributed by atoms with Crippen LogP contribution < -0.4 is 5.32 Å². The van der Waals surface area contributed by atoms with Crippen LogP contribution in [0.15, 0.2) is 55.0 Å². The molecule has 6 rings (SSSR count). The van der Waals surface area contributed by atoms with E-state index >= 15 is 0 Å². The number of aromatic nitrogens is 5. The lowest BCUT2D eigenvalue weighted by molar-refractivity contribution is -0.139. The predicted molar refractivity (Wildman–Crippen MR) is 150 cm³/mol. The predicted octanol–water partition coefficient (Wildman–Crippen LogP) is 4.92. The summed E-state index contributed by atoms with van der Waals surface area (Å²) >= 11 is 0. The van der Waals surface area contributed by atoms with Gasteiger partial charge in [0.2, 0.25) is 0 Å². The van der Waals surface area contributed by atoms with Crippen LogP contribution in [-0.4, -0.2) is 52.6 Å². The molecule has 0 unspecified atom stereocenters. The van der Waals surface area contributed by atoms with E-state index in [4.69, 9.17) is 4.98 Å². The van der Waals surface area contributed by atoms with Gasteiger partial charge >= 0.3 is 5.97 Å². The van der Waals surface area contributed by atoms with Crippen LogP contribution in [0.5, 0.6) is 5.75 Å². The number of H-pyrrole nitrogens is 1. The number of carbonyl (C=O) groups excluding carboxylic acids is 1. The van der Waals surface area contributed by atoms with Gasteiger partial charge in [-0.3, -0.25) is 9.78 Å². The Morgan fingerprint density at radius 3 is 2.67 bits per heavy atom. The molecule has 2 aromatic carbocycles. The fourth-order valence-corrected chi connectivity index (χ4v) is 5.63. The molecular formula is C30H30N6O4. The number of hydrogen-bond donors (Lipinski definition) is 4. The standard InChI is InChI=1S/C30H30N6O4/c1-17-14-32-26(16-31-17)28-34-24-11-18(7-10-27(24)36(28)20-5-3-2-4-6-20)29(38)35-25(30(39)40)12-19-15-33-23-9-8-21(37)13-22(19)23/h7-11,13-16,20,25,33,37H,2-6,12H2,1H3,(H,35,38)(H,39,40)/t25-/m0/s1. The van der Waals surface area contributed by atoms with Crippen LogP contribution >= 0.6 is 0 Å². The van der Waals surface area contributed by atoms with Crippen molar-refractivity contribution < 1.29 is 19.8 Å². The molecule has 0 radical (unpaired) electrons. The summed E-state index contributed by atoms with van der Waals surface area (Å²) in [5.41, 5.74) is 4.84. The summed E-state index contributed by atoms with van der Waals surface area (Å²) in [6.45, 7) is 1.89. The molecule has 1 atom stereocenters. The Bertz CT molecular complexity index is 1720. The Morgan fingerprint density at radius 2 is 1.93 bits per heavy atom. The Kier molecular flexibility index (Phi) is 6.67. The molecule has 0 aliphatic heterocycles. The maximum absolute atomic E-state index is 13.3. The van der Waals surface area contributed by atoms with Crippen molar-refractivity contribution in [3.05, 3.63) is 71.8 Å². The first kappa shape index (κ1) is 25.5. The number of rotatable bonds is 7. The number of hydrogen-bond acceptors (Lipinski definition) is 6. The van der Waals surface area contributed by atoms with E-state index in [-0.39, 0.29) is 18.2 Å². The summed E-state index contributed by atoms with van der Waals surface area (Å²) < 4.78 is 2.22. The van der Waals surface area contributed by atoms with Gasteiger partial charge in [0.1, 0.15) is 17.5 Å². The molecule has 10 heteroatoms. The SMILES string of the molecule is Cc1cnc(-c2nc3cc(C(=O)N[C@@H](Cc4c[nH]c5ccc(O)cc45)C(=O)O)ccc3n2C2CCCCC2)cn1. The van der Waals surface area contributed by atoms with E-state index in [2.05, 4.69) is 24.8 Å². The molecular weight excluding hydrogens is 508 g/mol. The highest BCUT2D eigenvalue weighted by Gasteiger charge is 2.26. The van der Waals surface area contributed by atoms with Gasteiger partial charge in [0.15, 0.2) is 5.82 Å². The average molecular weight is 539 g/mol. The van der Waals surface area contributed by atoms with Crippen molar-refractivity contribution in [3.63, 3.8) is 0 Å². The van der Waals surface area contributed by atoms with Gasteiger partial charge < -0.3 is 25.1 Å². The molecule has 1 aliphatic rings. The van der Waals surface area contributed by atoms with Crippen LogP contribution in [0.25, 0.3) is 33.5 Å². The lowest BCUT2D eigenvalue weighted by atomic mass is 9.95. The van der Waals surface area contributed by atoms with Gasteiger partial charge in [-0.2, -0.15) is 0 Å². The van der Waals surface area contributed by atoms with E-state index in [1.807, 2.05) is 13.0 Å². The van der Waals surface area contributed by atoms with Crippen molar-refractivity contribution in [1.82, 2.24) is 29.8 Å². The van der Waals surface area contributed by atoms with Crippen LogP contribution in [0, 0.1) is 6.92 Å². The monoisotopic (exact) mass is 538 g/mol. The Balaban J connectivity index is 1.31. The minimum absolute atomic E-state index is 0.0549. The van der Waals surface area contributed by atoms with E-state index in [0.29, 0.717) is 27.7 Å². The summed E-state index contributed by atoms with van der Waals surface area (Å²) in [5.74, 6) is -0.842. The Morgan fingerprint density at radius 1 is 1.10 bits per heavy atom. The highest BCUT2D eigenvalue weighted by atomic mass is 16.4. The number of benzene rings is 2. The molecule has 0 saturated heterocycles. The zero-order chi connectivity index (χ0) is 27.8. The minimum atomic E-state index is -1.16. The number of carboxylic acids is 1. The summed E-state index contributed by atoms with van der Waals surface area (Å²) in [7, 11) is 0. The fourth-order valence-electron chi connectivity index (χ4n) is 5.63. The first-order valence-electron chi connectivity index (χ1n) is 13.5. The van der Waals surface area contributed by atoms with Gasteiger partial charge in [-0.05, 0) is 61.7 Å². The smallest absolute Gasteiger partial charge is 0.326 e. The summed E-state index contributed by atoms with van der Waals surface area (Å²) in [4.78, 5) is 42.3. The number of aromatic amines is 1. The van der Waals surface area contributed by atoms with Gasteiger partial charge in [-0.1, -0.05) is 19.3 Å². The zero-order valence-corrected chi connectivity index (χ0v) is 22.1. The number of carbonyl (C=O) groups is 2. The van der Waals surface area contributed by atoms with Crippen molar-refractivity contribution in [2.24, 2.45) is 0 Å². The first-order chi connectivity index (χ1) is 19.4. The lowest BCUT2D eigenvalue weighted by Crippen LogP contribution is -2.42. The van der Waals surface area contributed by atoms with Crippen LogP contribution in [0.3, 0.4) is 0 Å². The second-order valence-corrected chi connectivity index (χ2v) is 10.5. The van der Waals surface area contributed by atoms with Gasteiger partial charge in [0.05, 0.1) is 22.9 Å². The highest BCUT2D eigenvalue weighted by molar-refractivity contribution is 5.99. The number of imidazole rings is 1. The molecule has 1 saturated carbocycles. The molecule has 4 N–H and O–H groups in total. The van der Waals surface area contributed by atoms with E-state index < -0.39 is 17.9 Å². The minimum Gasteiger partial charge on any atom is -0.508 e.